The fourth-order valence-electron chi connectivity index (χ4n) is 6.55. The summed E-state index contributed by atoms with van der Waals surface area (Å²) in [6.07, 6.45) is 1.68. The van der Waals surface area contributed by atoms with Crippen molar-refractivity contribution < 1.29 is 14.5 Å². The molecule has 3 heterocycles. The highest BCUT2D eigenvalue weighted by Crippen LogP contribution is 2.61. The van der Waals surface area contributed by atoms with E-state index in [0.29, 0.717) is 23.4 Å². The van der Waals surface area contributed by atoms with Crippen molar-refractivity contribution >= 4 is 54.9 Å². The molecule has 0 saturated carbocycles. The van der Waals surface area contributed by atoms with E-state index in [1.54, 1.807) is 24.3 Å². The third kappa shape index (κ3) is 3.33. The van der Waals surface area contributed by atoms with Gasteiger partial charge in [-0.2, -0.15) is 0 Å². The van der Waals surface area contributed by atoms with Crippen LogP contribution in [-0.4, -0.2) is 34.1 Å². The Morgan fingerprint density at radius 2 is 1.81 bits per heavy atom. The summed E-state index contributed by atoms with van der Waals surface area (Å²) in [6.45, 7) is 0.666. The number of nitrogens with zero attached hydrogens (tertiary/aromatic N) is 2. The normalized spacial score (nSPS) is 26.6. The number of rotatable bonds is 4. The Morgan fingerprint density at radius 3 is 2.56 bits per heavy atom. The topological polar surface area (TPSA) is 92.5 Å². The number of non-ortho nitro benzene ring substituents is 1. The number of nitrogens with one attached hydrogen (secondary N) is 1. The maximum atomic E-state index is 14.4. The second kappa shape index (κ2) is 8.61. The zero-order valence-electron chi connectivity index (χ0n) is 19.0. The van der Waals surface area contributed by atoms with Crippen molar-refractivity contribution in [2.45, 2.75) is 30.3 Å². The molecular weight excluding hydrogens is 590 g/mol. The summed E-state index contributed by atoms with van der Waals surface area (Å²) >= 11 is 6.99. The van der Waals surface area contributed by atoms with Crippen LogP contribution in [0.2, 0.25) is 0 Å². The van der Waals surface area contributed by atoms with Crippen LogP contribution in [0.15, 0.2) is 75.7 Å². The summed E-state index contributed by atoms with van der Waals surface area (Å²) in [4.78, 5) is 41.8. The monoisotopic (exact) mass is 609 g/mol. The molecule has 1 spiro atoms. The van der Waals surface area contributed by atoms with E-state index in [1.165, 1.54) is 6.07 Å². The highest BCUT2D eigenvalue weighted by molar-refractivity contribution is 9.10. The van der Waals surface area contributed by atoms with Gasteiger partial charge in [0.05, 0.1) is 10.8 Å². The molecule has 3 aromatic carbocycles. The molecule has 7 nitrogen and oxygen atoms in total. The number of nitro groups is 1. The maximum absolute atomic E-state index is 14.4. The molecule has 0 aromatic heterocycles. The second-order valence-corrected chi connectivity index (χ2v) is 11.4. The first kappa shape index (κ1) is 23.5. The fraction of sp³-hybridized carbons (Fsp3) is 0.259. The lowest BCUT2D eigenvalue weighted by Crippen LogP contribution is -2.52. The minimum absolute atomic E-state index is 0.0214. The van der Waals surface area contributed by atoms with Crippen LogP contribution < -0.4 is 5.32 Å². The lowest BCUT2D eigenvalue weighted by Gasteiger charge is -2.37. The average Bonchev–Trinajstić information content (AvgIpc) is 3.52. The van der Waals surface area contributed by atoms with E-state index in [1.807, 2.05) is 36.4 Å². The average molecular weight is 611 g/mol. The summed E-state index contributed by atoms with van der Waals surface area (Å²) in [5, 5.41) is 14.7. The van der Waals surface area contributed by atoms with Crippen molar-refractivity contribution in [3.8, 4) is 0 Å². The van der Waals surface area contributed by atoms with Crippen LogP contribution in [0.4, 0.5) is 11.4 Å². The number of halogens is 2. The third-order valence-electron chi connectivity index (χ3n) is 7.84. The Labute approximate surface area is 224 Å². The molecule has 182 valence electrons. The van der Waals surface area contributed by atoms with Gasteiger partial charge in [-0.1, -0.05) is 56.1 Å². The SMILES string of the molecule is O=C(c1ccc(Br)cc1)C1C(c2cccc([N+](=O)[O-])c2)C2CCCN2[C@@]12C(=O)Nc1ccc(Br)cc12. The first-order valence-electron chi connectivity index (χ1n) is 11.7. The van der Waals surface area contributed by atoms with E-state index < -0.39 is 16.4 Å². The van der Waals surface area contributed by atoms with Gasteiger partial charge in [-0.15, -0.1) is 0 Å². The number of amides is 1. The van der Waals surface area contributed by atoms with Crippen LogP contribution in [0.25, 0.3) is 0 Å². The van der Waals surface area contributed by atoms with Gasteiger partial charge in [-0.05, 0) is 55.3 Å². The Morgan fingerprint density at radius 1 is 1.06 bits per heavy atom. The predicted molar refractivity (Wildman–Crippen MR) is 142 cm³/mol. The van der Waals surface area contributed by atoms with Gasteiger partial charge in [0.2, 0.25) is 5.91 Å². The quantitative estimate of drug-likeness (QED) is 0.221. The van der Waals surface area contributed by atoms with Crippen LogP contribution in [0.1, 0.15) is 40.2 Å². The smallest absolute Gasteiger partial charge is 0.269 e. The molecule has 0 radical (unpaired) electrons. The highest BCUT2D eigenvalue weighted by atomic mass is 79.9. The first-order chi connectivity index (χ1) is 17.3. The second-order valence-electron chi connectivity index (χ2n) is 9.54. The molecule has 0 bridgehead atoms. The molecule has 3 aromatic rings. The molecule has 1 amide bonds. The number of benzene rings is 3. The van der Waals surface area contributed by atoms with Crippen molar-refractivity contribution in [1.82, 2.24) is 4.90 Å². The first-order valence-corrected chi connectivity index (χ1v) is 13.3. The molecule has 2 saturated heterocycles. The molecule has 36 heavy (non-hydrogen) atoms. The van der Waals surface area contributed by atoms with Gasteiger partial charge in [-0.3, -0.25) is 24.6 Å². The van der Waals surface area contributed by atoms with Crippen LogP contribution in [0.5, 0.6) is 0 Å². The lowest BCUT2D eigenvalue weighted by molar-refractivity contribution is -0.384. The van der Waals surface area contributed by atoms with Gasteiger partial charge in [-0.25, -0.2) is 0 Å². The van der Waals surface area contributed by atoms with Gasteiger partial charge < -0.3 is 5.32 Å². The third-order valence-corrected chi connectivity index (χ3v) is 8.86. The van der Waals surface area contributed by atoms with Gasteiger partial charge in [0.1, 0.15) is 5.54 Å². The molecule has 3 aliphatic heterocycles. The number of hydrogen-bond donors (Lipinski definition) is 1. The molecule has 6 rings (SSSR count). The van der Waals surface area contributed by atoms with E-state index in [9.17, 15) is 19.7 Å². The van der Waals surface area contributed by atoms with E-state index in [-0.39, 0.29) is 29.3 Å². The van der Waals surface area contributed by atoms with Crippen LogP contribution >= 0.6 is 31.9 Å². The summed E-state index contributed by atoms with van der Waals surface area (Å²) < 4.78 is 1.67. The van der Waals surface area contributed by atoms with Crippen LogP contribution in [-0.2, 0) is 10.3 Å². The minimum Gasteiger partial charge on any atom is -0.324 e. The Balaban J connectivity index is 1.62. The largest absolute Gasteiger partial charge is 0.324 e. The van der Waals surface area contributed by atoms with Gasteiger partial charge >= 0.3 is 0 Å². The van der Waals surface area contributed by atoms with Crippen LogP contribution in [0, 0.1) is 16.0 Å². The zero-order chi connectivity index (χ0) is 25.2. The fourth-order valence-corrected chi connectivity index (χ4v) is 7.17. The van der Waals surface area contributed by atoms with Crippen LogP contribution in [0.3, 0.4) is 0 Å². The minimum atomic E-state index is -1.21. The molecule has 1 N–H and O–H groups in total. The number of carbonyl (C=O) groups excluding carboxylic acids is 2. The Hall–Kier alpha value is -2.88. The van der Waals surface area contributed by atoms with Crippen molar-refractivity contribution in [3.05, 3.63) is 102 Å². The number of anilines is 1. The summed E-state index contributed by atoms with van der Waals surface area (Å²) in [6, 6.07) is 19.3. The number of carbonyl (C=O) groups is 2. The van der Waals surface area contributed by atoms with E-state index >= 15 is 0 Å². The van der Waals surface area contributed by atoms with Crippen molar-refractivity contribution in [2.75, 3.05) is 11.9 Å². The number of nitro benzene ring substituents is 1. The Bertz CT molecular complexity index is 1430. The van der Waals surface area contributed by atoms with Crippen molar-refractivity contribution in [3.63, 3.8) is 0 Å². The molecule has 9 heteroatoms. The van der Waals surface area contributed by atoms with E-state index in [2.05, 4.69) is 42.1 Å². The molecule has 3 aliphatic rings. The van der Waals surface area contributed by atoms with E-state index in [0.717, 1.165) is 27.4 Å². The van der Waals surface area contributed by atoms with E-state index in [4.69, 9.17) is 0 Å². The molecule has 2 fully saturated rings. The number of fused-ring (bicyclic) bond motifs is 4. The van der Waals surface area contributed by atoms with Gasteiger partial charge in [0.15, 0.2) is 5.78 Å². The number of Topliss-reactive ketones (excluding diaryl/α,β-unsaturated/α-hetero) is 1. The van der Waals surface area contributed by atoms with Crippen molar-refractivity contribution in [2.24, 2.45) is 5.92 Å². The maximum Gasteiger partial charge on any atom is 0.269 e. The lowest BCUT2D eigenvalue weighted by atomic mass is 9.68. The number of ketones is 1. The molecule has 4 atom stereocenters. The summed E-state index contributed by atoms with van der Waals surface area (Å²) in [5.41, 5.74) is 1.46. The van der Waals surface area contributed by atoms with Gasteiger partial charge in [0, 0.05) is 49.9 Å². The highest BCUT2D eigenvalue weighted by Gasteiger charge is 2.69. The molecule has 0 aliphatic carbocycles. The summed E-state index contributed by atoms with van der Waals surface area (Å²) in [5.74, 6) is -1.51. The summed E-state index contributed by atoms with van der Waals surface area (Å²) in [7, 11) is 0. The molecule has 3 unspecified atom stereocenters. The standard InChI is InChI=1S/C27H21Br2N3O4/c28-17-8-6-15(7-9-17)25(33)24-23(16-3-1-4-19(13-16)32(35)36)22-5-2-12-31(22)27(24)20-14-18(29)10-11-21(20)30-26(27)34/h1,3-4,6-11,13-14,22-24H,2,5,12H2,(H,30,34)/t22?,23?,24?,27-/m1/s1. The van der Waals surface area contributed by atoms with Crippen molar-refractivity contribution in [1.29, 1.82) is 0 Å². The Kier molecular flexibility index (Phi) is 5.62. The predicted octanol–water partition coefficient (Wildman–Crippen LogP) is 6.03. The zero-order valence-corrected chi connectivity index (χ0v) is 22.2. The van der Waals surface area contributed by atoms with Gasteiger partial charge in [0.25, 0.3) is 5.69 Å². The molecular formula is C27H21Br2N3O4. The number of hydrogen-bond acceptors (Lipinski definition) is 5.